The number of esters is 1. The van der Waals surface area contributed by atoms with Gasteiger partial charge in [-0.15, -0.1) is 5.10 Å². The molecule has 0 spiro atoms. The van der Waals surface area contributed by atoms with Crippen molar-refractivity contribution in [1.82, 2.24) is 24.5 Å². The Morgan fingerprint density at radius 1 is 1.04 bits per heavy atom. The summed E-state index contributed by atoms with van der Waals surface area (Å²) < 4.78 is 7.86. The molecule has 124 valence electrons. The Morgan fingerprint density at radius 3 is 2.68 bits per heavy atom. The Labute approximate surface area is 141 Å². The Morgan fingerprint density at radius 2 is 1.80 bits per heavy atom. The molecule has 0 unspecified atom stereocenters. The average Bonchev–Trinajstić information content (AvgIpc) is 3.04. The van der Waals surface area contributed by atoms with Gasteiger partial charge in [-0.3, -0.25) is 9.59 Å². The first-order valence-corrected chi connectivity index (χ1v) is 7.60. The number of carbonyl (C=O) groups excluding carboxylic acids is 1. The smallest absolute Gasteiger partial charge is 0.327 e. The number of hydrogen-bond donors (Lipinski definition) is 0. The van der Waals surface area contributed by atoms with Crippen molar-refractivity contribution < 1.29 is 9.53 Å². The molecule has 8 nitrogen and oxygen atoms in total. The number of benzene rings is 2. The Balaban J connectivity index is 1.49. The van der Waals surface area contributed by atoms with Crippen LogP contribution in [0.2, 0.25) is 0 Å². The van der Waals surface area contributed by atoms with Crippen molar-refractivity contribution in [3.63, 3.8) is 0 Å². The second-order valence-electron chi connectivity index (χ2n) is 5.42. The molecule has 0 bridgehead atoms. The van der Waals surface area contributed by atoms with Gasteiger partial charge in [0.2, 0.25) is 0 Å². The first kappa shape index (κ1) is 15.0. The third kappa shape index (κ3) is 2.85. The minimum absolute atomic E-state index is 0.00370. The molecule has 8 heteroatoms. The van der Waals surface area contributed by atoms with Gasteiger partial charge < -0.3 is 9.30 Å². The molecule has 0 radical (unpaired) electrons. The van der Waals surface area contributed by atoms with Gasteiger partial charge in [-0.1, -0.05) is 29.5 Å². The maximum absolute atomic E-state index is 12.3. The van der Waals surface area contributed by atoms with Gasteiger partial charge in [-0.05, 0) is 24.3 Å². The van der Waals surface area contributed by atoms with E-state index in [0.29, 0.717) is 10.9 Å². The van der Waals surface area contributed by atoms with Crippen LogP contribution in [0.25, 0.3) is 21.9 Å². The van der Waals surface area contributed by atoms with Gasteiger partial charge in [0.1, 0.15) is 12.1 Å². The lowest BCUT2D eigenvalue weighted by Gasteiger charge is -2.07. The number of rotatable bonds is 4. The summed E-state index contributed by atoms with van der Waals surface area (Å²) in [7, 11) is 0. The third-order valence-corrected chi connectivity index (χ3v) is 3.80. The SMILES string of the molecule is O=C(Cn1cnc2ccccc21)OCn1nnc2ccccc2c1=O. The fraction of sp³-hybridized carbons (Fsp3) is 0.118. The van der Waals surface area contributed by atoms with E-state index in [1.807, 2.05) is 24.3 Å². The lowest BCUT2D eigenvalue weighted by molar-refractivity contribution is -0.148. The highest BCUT2D eigenvalue weighted by atomic mass is 16.5. The van der Waals surface area contributed by atoms with Crippen LogP contribution in [-0.2, 0) is 22.8 Å². The molecular weight excluding hydrogens is 322 g/mol. The summed E-state index contributed by atoms with van der Waals surface area (Å²) in [5.74, 6) is -0.495. The number of para-hydroxylation sites is 2. The Bertz CT molecular complexity index is 1130. The van der Waals surface area contributed by atoms with E-state index in [2.05, 4.69) is 15.3 Å². The lowest BCUT2D eigenvalue weighted by Crippen LogP contribution is -2.27. The van der Waals surface area contributed by atoms with E-state index in [1.165, 1.54) is 0 Å². The maximum atomic E-state index is 12.3. The zero-order valence-electron chi connectivity index (χ0n) is 13.1. The molecule has 0 atom stereocenters. The summed E-state index contributed by atoms with van der Waals surface area (Å²) in [6.07, 6.45) is 1.58. The lowest BCUT2D eigenvalue weighted by atomic mass is 10.2. The minimum atomic E-state index is -0.495. The molecule has 0 aliphatic heterocycles. The molecule has 0 amide bonds. The Hall–Kier alpha value is -3.55. The van der Waals surface area contributed by atoms with Crippen molar-refractivity contribution in [3.8, 4) is 0 Å². The predicted octanol–water partition coefficient (Wildman–Crippen LogP) is 1.34. The number of aromatic nitrogens is 5. The van der Waals surface area contributed by atoms with E-state index in [-0.39, 0.29) is 18.8 Å². The second kappa shape index (κ2) is 6.16. The number of fused-ring (bicyclic) bond motifs is 2. The van der Waals surface area contributed by atoms with E-state index < -0.39 is 5.97 Å². The number of ether oxygens (including phenoxy) is 1. The summed E-state index contributed by atoms with van der Waals surface area (Å²) in [6.45, 7) is -0.293. The zero-order chi connectivity index (χ0) is 17.2. The van der Waals surface area contributed by atoms with Gasteiger partial charge in [0.25, 0.3) is 5.56 Å². The second-order valence-corrected chi connectivity index (χ2v) is 5.42. The molecular formula is C17H13N5O3. The highest BCUT2D eigenvalue weighted by Gasteiger charge is 2.10. The summed E-state index contributed by atoms with van der Waals surface area (Å²) in [5, 5.41) is 8.15. The molecule has 2 aromatic heterocycles. The largest absolute Gasteiger partial charge is 0.441 e. The molecule has 0 aliphatic carbocycles. The molecule has 4 rings (SSSR count). The third-order valence-electron chi connectivity index (χ3n) is 3.80. The molecule has 0 N–H and O–H groups in total. The van der Waals surface area contributed by atoms with Crippen LogP contribution in [0.3, 0.4) is 0 Å². The average molecular weight is 335 g/mol. The van der Waals surface area contributed by atoms with Crippen LogP contribution in [0.1, 0.15) is 0 Å². The number of hydrogen-bond acceptors (Lipinski definition) is 6. The van der Waals surface area contributed by atoms with Gasteiger partial charge in [0.05, 0.1) is 22.7 Å². The van der Waals surface area contributed by atoms with Crippen LogP contribution in [0.15, 0.2) is 59.7 Å². The number of imidazole rings is 1. The molecule has 4 aromatic rings. The minimum Gasteiger partial charge on any atom is -0.441 e. The molecule has 0 saturated carbocycles. The van der Waals surface area contributed by atoms with Crippen molar-refractivity contribution in [1.29, 1.82) is 0 Å². The fourth-order valence-corrected chi connectivity index (χ4v) is 2.56. The number of nitrogens with zero attached hydrogens (tertiary/aromatic N) is 5. The summed E-state index contributed by atoms with van der Waals surface area (Å²) in [6, 6.07) is 14.4. The first-order chi connectivity index (χ1) is 12.2. The number of carbonyl (C=O) groups is 1. The van der Waals surface area contributed by atoms with Gasteiger partial charge in [0, 0.05) is 0 Å². The van der Waals surface area contributed by atoms with Gasteiger partial charge >= 0.3 is 5.97 Å². The molecule has 0 saturated heterocycles. The van der Waals surface area contributed by atoms with Gasteiger partial charge in [-0.2, -0.15) is 4.68 Å². The molecule has 2 heterocycles. The first-order valence-electron chi connectivity index (χ1n) is 7.60. The molecule has 25 heavy (non-hydrogen) atoms. The molecule has 0 fully saturated rings. The maximum Gasteiger partial charge on any atom is 0.327 e. The van der Waals surface area contributed by atoms with Gasteiger partial charge in [0.15, 0.2) is 6.73 Å². The summed E-state index contributed by atoms with van der Waals surface area (Å²) >= 11 is 0. The zero-order valence-corrected chi connectivity index (χ0v) is 13.1. The predicted molar refractivity (Wildman–Crippen MR) is 89.6 cm³/mol. The highest BCUT2D eigenvalue weighted by Crippen LogP contribution is 2.11. The monoisotopic (exact) mass is 335 g/mol. The summed E-state index contributed by atoms with van der Waals surface area (Å²) in [4.78, 5) is 28.6. The van der Waals surface area contributed by atoms with Gasteiger partial charge in [-0.25, -0.2) is 4.98 Å². The van der Waals surface area contributed by atoms with Crippen molar-refractivity contribution in [3.05, 3.63) is 65.2 Å². The van der Waals surface area contributed by atoms with Crippen LogP contribution in [-0.4, -0.2) is 30.5 Å². The van der Waals surface area contributed by atoms with Crippen LogP contribution >= 0.6 is 0 Å². The van der Waals surface area contributed by atoms with E-state index in [4.69, 9.17) is 4.74 Å². The van der Waals surface area contributed by atoms with Crippen LogP contribution in [0, 0.1) is 0 Å². The van der Waals surface area contributed by atoms with Crippen LogP contribution in [0.5, 0.6) is 0 Å². The fourth-order valence-electron chi connectivity index (χ4n) is 2.56. The van der Waals surface area contributed by atoms with Crippen molar-refractivity contribution in [2.24, 2.45) is 0 Å². The molecule has 2 aromatic carbocycles. The Kier molecular flexibility index (Phi) is 3.70. The van der Waals surface area contributed by atoms with E-state index in [1.54, 1.807) is 35.2 Å². The van der Waals surface area contributed by atoms with Crippen molar-refractivity contribution >= 4 is 27.9 Å². The van der Waals surface area contributed by atoms with Crippen LogP contribution in [0.4, 0.5) is 0 Å². The van der Waals surface area contributed by atoms with Crippen LogP contribution < -0.4 is 5.56 Å². The molecule has 0 aliphatic rings. The highest BCUT2D eigenvalue weighted by molar-refractivity contribution is 5.78. The van der Waals surface area contributed by atoms with E-state index in [0.717, 1.165) is 15.7 Å². The standard InChI is InChI=1S/C17H13N5O3/c23-16(9-21-10-18-14-7-3-4-8-15(14)21)25-11-22-17(24)12-5-1-2-6-13(12)19-20-22/h1-8,10H,9,11H2. The van der Waals surface area contributed by atoms with Crippen molar-refractivity contribution in [2.45, 2.75) is 13.3 Å². The van der Waals surface area contributed by atoms with E-state index >= 15 is 0 Å². The normalized spacial score (nSPS) is 11.0. The summed E-state index contributed by atoms with van der Waals surface area (Å²) in [5.41, 5.74) is 1.78. The quantitative estimate of drug-likeness (QED) is 0.523. The van der Waals surface area contributed by atoms with Crippen molar-refractivity contribution in [2.75, 3.05) is 0 Å². The van der Waals surface area contributed by atoms with E-state index in [9.17, 15) is 9.59 Å². The topological polar surface area (TPSA) is 91.9 Å².